The Morgan fingerprint density at radius 3 is 1.77 bits per heavy atom. The Bertz CT molecular complexity index is 2560. The Morgan fingerprint density at radius 2 is 1.20 bits per heavy atom. The number of aromatic amines is 2. The quantitative estimate of drug-likeness (QED) is 0.101. The van der Waals surface area contributed by atoms with Crippen LogP contribution >= 0.6 is 0 Å². The summed E-state index contributed by atoms with van der Waals surface area (Å²) in [6.45, 7) is 2.92. The molecule has 5 aromatic carbocycles. The first-order valence-electron chi connectivity index (χ1n) is 21.7. The molecule has 0 aliphatic carbocycles. The van der Waals surface area contributed by atoms with Crippen LogP contribution in [0.3, 0.4) is 0 Å². The van der Waals surface area contributed by atoms with Gasteiger partial charge in [0.1, 0.15) is 23.9 Å². The van der Waals surface area contributed by atoms with Crippen LogP contribution in [0, 0.1) is 0 Å². The molecule has 5 unspecified atom stereocenters. The van der Waals surface area contributed by atoms with Crippen LogP contribution in [-0.4, -0.2) is 98.1 Å². The number of likely N-dealkylation sites (N-methyl/N-ethyl adjacent to an activating group) is 2. The fraction of sp³-hybridized carbons (Fsp3) is 0.340. The third-order valence-corrected chi connectivity index (χ3v) is 12.6. The predicted octanol–water partition coefficient (Wildman–Crippen LogP) is 8.37. The van der Waals surface area contributed by atoms with Crippen LogP contribution in [0.1, 0.15) is 83.8 Å². The first kappa shape index (κ1) is 40.6. The lowest BCUT2D eigenvalue weighted by atomic mass is 10.0. The number of hydrogen-bond donors (Lipinski definition) is 3. The molecule has 2 aromatic heterocycles. The van der Waals surface area contributed by atoms with Gasteiger partial charge in [0, 0.05) is 31.9 Å². The highest BCUT2D eigenvalue weighted by molar-refractivity contribution is 5.84. The van der Waals surface area contributed by atoms with E-state index in [0.717, 1.165) is 89.3 Å². The third kappa shape index (κ3) is 8.43. The maximum atomic E-state index is 14.1. The van der Waals surface area contributed by atoms with Gasteiger partial charge in [-0.15, -0.1) is 0 Å². The Kier molecular flexibility index (Phi) is 11.7. The summed E-state index contributed by atoms with van der Waals surface area (Å²) in [6, 6.07) is 43.3. The van der Waals surface area contributed by atoms with Gasteiger partial charge in [-0.2, -0.15) is 0 Å². The van der Waals surface area contributed by atoms with Gasteiger partial charge in [0.05, 0.1) is 40.2 Å². The van der Waals surface area contributed by atoms with Crippen molar-refractivity contribution in [1.29, 1.82) is 0 Å². The molecular weight excluding hydrogens is 759 g/mol. The first-order chi connectivity index (χ1) is 29.7. The molecule has 2 aliphatic heterocycles. The van der Waals surface area contributed by atoms with Crippen molar-refractivity contribution in [3.63, 3.8) is 0 Å². The summed E-state index contributed by atoms with van der Waals surface area (Å²) in [6.07, 6.45) is 3.08. The minimum Gasteiger partial charge on any atom is -0.376 e. The smallest absolute Gasteiger partial charge is 0.245 e. The molecule has 314 valence electrons. The highest BCUT2D eigenvalue weighted by atomic mass is 16.3. The number of benzene rings is 5. The second-order valence-electron chi connectivity index (χ2n) is 17.2. The highest BCUT2D eigenvalue weighted by Gasteiger charge is 2.39. The molecule has 0 radical (unpaired) electrons. The zero-order valence-electron chi connectivity index (χ0n) is 35.7. The van der Waals surface area contributed by atoms with Crippen LogP contribution in [0.25, 0.3) is 22.1 Å². The van der Waals surface area contributed by atoms with Crippen molar-refractivity contribution in [2.45, 2.75) is 69.2 Å². The van der Waals surface area contributed by atoms with Crippen LogP contribution in [-0.2, 0) is 17.9 Å². The summed E-state index contributed by atoms with van der Waals surface area (Å²) in [5.74, 6) is 1.86. The molecule has 11 heteroatoms. The summed E-state index contributed by atoms with van der Waals surface area (Å²) < 4.78 is 0. The van der Waals surface area contributed by atoms with Gasteiger partial charge < -0.3 is 24.9 Å². The summed E-state index contributed by atoms with van der Waals surface area (Å²) in [7, 11) is 8.00. The number of rotatable bonds is 14. The van der Waals surface area contributed by atoms with E-state index in [2.05, 4.69) is 104 Å². The lowest BCUT2D eigenvalue weighted by molar-refractivity contribution is -0.137. The molecule has 2 fully saturated rings. The van der Waals surface area contributed by atoms with Gasteiger partial charge in [0.2, 0.25) is 5.91 Å². The van der Waals surface area contributed by atoms with Crippen molar-refractivity contribution in [2.24, 2.45) is 0 Å². The lowest BCUT2D eigenvalue weighted by Gasteiger charge is -2.37. The molecule has 7 aromatic rings. The van der Waals surface area contributed by atoms with Crippen molar-refractivity contribution in [3.05, 3.63) is 161 Å². The van der Waals surface area contributed by atoms with Gasteiger partial charge >= 0.3 is 0 Å². The SMILES string of the molecule is CN(C)C(C(=O)N1CCCC1c1nc2ccc(CN(Cc3ccc4nc(C5CCCN5C(O)C(c5ccccc5)N(C)C)[nH]c4c3)c3ccccc3)cc2[nH]1)c1ccccc1. The summed E-state index contributed by atoms with van der Waals surface area (Å²) >= 11 is 0. The molecule has 0 saturated carbocycles. The Hall–Kier alpha value is -5.85. The molecule has 4 heterocycles. The van der Waals surface area contributed by atoms with Crippen LogP contribution in [0.4, 0.5) is 5.69 Å². The summed E-state index contributed by atoms with van der Waals surface area (Å²) in [4.78, 5) is 42.3. The average molecular weight is 816 g/mol. The second-order valence-corrected chi connectivity index (χ2v) is 17.2. The Labute approximate surface area is 358 Å². The van der Waals surface area contributed by atoms with Gasteiger partial charge in [0.15, 0.2) is 0 Å². The number of imidazole rings is 2. The molecule has 61 heavy (non-hydrogen) atoms. The van der Waals surface area contributed by atoms with E-state index in [4.69, 9.17) is 9.97 Å². The highest BCUT2D eigenvalue weighted by Crippen LogP contribution is 2.38. The van der Waals surface area contributed by atoms with Crippen molar-refractivity contribution < 1.29 is 9.90 Å². The molecule has 1 amide bonds. The molecule has 3 N–H and O–H groups in total. The summed E-state index contributed by atoms with van der Waals surface area (Å²) in [5, 5.41) is 11.8. The zero-order valence-corrected chi connectivity index (χ0v) is 35.7. The number of fused-ring (bicyclic) bond motifs is 2. The number of nitrogens with zero attached hydrogens (tertiary/aromatic N) is 7. The zero-order chi connectivity index (χ0) is 42.0. The number of aliphatic hydroxyl groups excluding tert-OH is 1. The maximum Gasteiger partial charge on any atom is 0.245 e. The molecule has 2 aliphatic rings. The molecule has 5 atom stereocenters. The molecule has 2 saturated heterocycles. The van der Waals surface area contributed by atoms with Gasteiger partial charge in [-0.1, -0.05) is 91.0 Å². The maximum absolute atomic E-state index is 14.1. The number of likely N-dealkylation sites (tertiary alicyclic amines) is 2. The van der Waals surface area contributed by atoms with Crippen LogP contribution < -0.4 is 4.90 Å². The summed E-state index contributed by atoms with van der Waals surface area (Å²) in [5.41, 5.74) is 9.38. The molecule has 11 nitrogen and oxygen atoms in total. The first-order valence-corrected chi connectivity index (χ1v) is 21.7. The number of aliphatic hydroxyl groups is 1. The number of aromatic nitrogens is 4. The molecular formula is C50H57N9O2. The number of nitrogens with one attached hydrogen (secondary N) is 2. The van der Waals surface area contributed by atoms with E-state index in [1.807, 2.05) is 86.5 Å². The van der Waals surface area contributed by atoms with Gasteiger partial charge in [-0.3, -0.25) is 19.5 Å². The van der Waals surface area contributed by atoms with E-state index >= 15 is 0 Å². The number of carbonyl (C=O) groups is 1. The van der Waals surface area contributed by atoms with Crippen molar-refractivity contribution in [3.8, 4) is 0 Å². The van der Waals surface area contributed by atoms with E-state index in [9.17, 15) is 9.90 Å². The van der Waals surface area contributed by atoms with E-state index in [1.54, 1.807) is 0 Å². The largest absolute Gasteiger partial charge is 0.376 e. The minimum atomic E-state index is -0.678. The van der Waals surface area contributed by atoms with Gasteiger partial charge in [0.25, 0.3) is 0 Å². The van der Waals surface area contributed by atoms with Crippen molar-refractivity contribution in [1.82, 2.24) is 39.5 Å². The molecule has 9 rings (SSSR count). The van der Waals surface area contributed by atoms with Crippen LogP contribution in [0.5, 0.6) is 0 Å². The van der Waals surface area contributed by atoms with Gasteiger partial charge in [-0.25, -0.2) is 9.97 Å². The monoisotopic (exact) mass is 815 g/mol. The second kappa shape index (κ2) is 17.6. The Balaban J connectivity index is 0.935. The number of H-pyrrole nitrogens is 2. The number of carbonyl (C=O) groups excluding carboxylic acids is 1. The van der Waals surface area contributed by atoms with Gasteiger partial charge in [-0.05, 0) is 113 Å². The van der Waals surface area contributed by atoms with Crippen molar-refractivity contribution in [2.75, 3.05) is 46.2 Å². The van der Waals surface area contributed by atoms with E-state index < -0.39 is 6.23 Å². The number of para-hydroxylation sites is 1. The minimum absolute atomic E-state index is 0.00257. The van der Waals surface area contributed by atoms with Crippen LogP contribution in [0.2, 0.25) is 0 Å². The fourth-order valence-electron chi connectivity index (χ4n) is 9.72. The third-order valence-electron chi connectivity index (χ3n) is 12.6. The molecule has 0 spiro atoms. The van der Waals surface area contributed by atoms with E-state index in [1.165, 1.54) is 11.1 Å². The standard InChI is InChI=1S/C50H57N9O2/c1-55(2)45(36-16-8-5-9-17-36)49(60)58-28-14-22-43(58)47-51-39-26-24-34(30-41(39)53-47)32-57(38-20-12-7-13-21-38)33-35-25-27-40-42(31-35)54-48(52-40)44-23-15-29-59(44)50(61)46(56(3)4)37-18-10-6-11-19-37/h5-13,16-21,24-27,30-31,43-46,49,60H,14-15,22-23,28-29,32-33H2,1-4H3,(H,51,53)(H,52,54). The fourth-order valence-corrected chi connectivity index (χ4v) is 9.72. The topological polar surface area (TPSA) is 111 Å². The van der Waals surface area contributed by atoms with E-state index in [0.29, 0.717) is 13.1 Å². The predicted molar refractivity (Wildman–Crippen MR) is 243 cm³/mol. The molecule has 0 bridgehead atoms. The average Bonchev–Trinajstić information content (AvgIpc) is 4.10. The normalized spacial score (nSPS) is 18.7. The lowest BCUT2D eigenvalue weighted by Crippen LogP contribution is -2.44. The Morgan fingerprint density at radius 1 is 0.672 bits per heavy atom. The van der Waals surface area contributed by atoms with Crippen LogP contribution in [0.15, 0.2) is 127 Å². The number of amides is 1. The van der Waals surface area contributed by atoms with Crippen molar-refractivity contribution >= 4 is 33.7 Å². The van der Waals surface area contributed by atoms with E-state index in [-0.39, 0.29) is 30.1 Å². The number of hydrogen-bond acceptors (Lipinski definition) is 8. The number of anilines is 1.